The van der Waals surface area contributed by atoms with Crippen molar-refractivity contribution < 1.29 is 14.7 Å². The van der Waals surface area contributed by atoms with E-state index in [9.17, 15) is 9.59 Å². The van der Waals surface area contributed by atoms with Crippen molar-refractivity contribution in [2.24, 2.45) is 0 Å². The lowest BCUT2D eigenvalue weighted by atomic mass is 10.1. The van der Waals surface area contributed by atoms with Gasteiger partial charge in [-0.15, -0.1) is 11.3 Å². The minimum atomic E-state index is -1.01. The summed E-state index contributed by atoms with van der Waals surface area (Å²) in [5, 5.41) is 12.8. The third-order valence-electron chi connectivity index (χ3n) is 3.16. The number of hydrogen-bond acceptors (Lipinski definition) is 4. The highest BCUT2D eigenvalue weighted by Crippen LogP contribution is 2.25. The maximum Gasteiger partial charge on any atom is 0.347 e. The van der Waals surface area contributed by atoms with Gasteiger partial charge in [0.15, 0.2) is 0 Å². The van der Waals surface area contributed by atoms with E-state index in [-0.39, 0.29) is 10.8 Å². The summed E-state index contributed by atoms with van der Waals surface area (Å²) in [6.45, 7) is 5.22. The number of aryl methyl sites for hydroxylation is 2. The fourth-order valence-electron chi connectivity index (χ4n) is 1.96. The second-order valence-corrected chi connectivity index (χ2v) is 6.31. The van der Waals surface area contributed by atoms with Crippen LogP contribution in [0.5, 0.6) is 0 Å². The average molecular weight is 339 g/mol. The van der Waals surface area contributed by atoms with Gasteiger partial charge >= 0.3 is 5.97 Å². The second kappa shape index (κ2) is 6.46. The molecule has 0 saturated carbocycles. The van der Waals surface area contributed by atoms with E-state index >= 15 is 0 Å². The first-order valence-electron chi connectivity index (χ1n) is 6.58. The summed E-state index contributed by atoms with van der Waals surface area (Å²) < 4.78 is 0. The number of carbonyl (C=O) groups is 2. The molecule has 0 radical (unpaired) electrons. The summed E-state index contributed by atoms with van der Waals surface area (Å²) in [7, 11) is 0. The summed E-state index contributed by atoms with van der Waals surface area (Å²) in [5.41, 5.74) is 1.66. The van der Waals surface area contributed by atoms with Crippen LogP contribution in [0.15, 0.2) is 18.2 Å². The monoisotopic (exact) mass is 338 g/mol. The van der Waals surface area contributed by atoms with Crippen molar-refractivity contribution in [2.45, 2.75) is 26.8 Å². The van der Waals surface area contributed by atoms with E-state index in [0.29, 0.717) is 21.3 Å². The molecule has 2 N–H and O–H groups in total. The third kappa shape index (κ3) is 3.28. The van der Waals surface area contributed by atoms with Crippen LogP contribution in [-0.4, -0.2) is 22.0 Å². The van der Waals surface area contributed by atoms with Crippen LogP contribution in [0.4, 0.5) is 0 Å². The zero-order valence-corrected chi connectivity index (χ0v) is 13.9. The summed E-state index contributed by atoms with van der Waals surface area (Å²) in [4.78, 5) is 27.7. The molecule has 0 aliphatic heterocycles. The van der Waals surface area contributed by atoms with Crippen molar-refractivity contribution in [3.8, 4) is 0 Å². The van der Waals surface area contributed by atoms with Gasteiger partial charge in [0.1, 0.15) is 9.88 Å². The van der Waals surface area contributed by atoms with Crippen LogP contribution in [-0.2, 0) is 0 Å². The van der Waals surface area contributed by atoms with E-state index in [4.69, 9.17) is 16.7 Å². The van der Waals surface area contributed by atoms with Crippen LogP contribution in [0.3, 0.4) is 0 Å². The molecule has 1 amide bonds. The Bertz CT molecular complexity index is 742. The van der Waals surface area contributed by atoms with Gasteiger partial charge in [-0.2, -0.15) is 0 Å². The predicted octanol–water partition coefficient (Wildman–Crippen LogP) is 3.60. The number of rotatable bonds is 4. The topological polar surface area (TPSA) is 79.3 Å². The first-order chi connectivity index (χ1) is 10.3. The molecule has 0 bridgehead atoms. The van der Waals surface area contributed by atoms with Gasteiger partial charge in [0.05, 0.1) is 22.3 Å². The van der Waals surface area contributed by atoms with Crippen molar-refractivity contribution in [1.29, 1.82) is 0 Å². The first-order valence-corrected chi connectivity index (χ1v) is 7.77. The lowest BCUT2D eigenvalue weighted by Gasteiger charge is -2.12. The van der Waals surface area contributed by atoms with Gasteiger partial charge in [0, 0.05) is 0 Å². The molecule has 0 fully saturated rings. The van der Waals surface area contributed by atoms with Gasteiger partial charge in [-0.3, -0.25) is 4.79 Å². The smallest absolute Gasteiger partial charge is 0.347 e. The fraction of sp³-hybridized carbons (Fsp3) is 0.267. The Balaban J connectivity index is 2.19. The molecule has 7 heteroatoms. The Labute approximate surface area is 137 Å². The second-order valence-electron chi connectivity index (χ2n) is 4.90. The first kappa shape index (κ1) is 16.5. The number of thiazole rings is 1. The zero-order valence-electron chi connectivity index (χ0n) is 12.3. The molecule has 2 aromatic rings. The lowest BCUT2D eigenvalue weighted by Crippen LogP contribution is -2.27. The van der Waals surface area contributed by atoms with Gasteiger partial charge in [0.2, 0.25) is 0 Å². The van der Waals surface area contributed by atoms with Crippen LogP contribution in [0.2, 0.25) is 5.02 Å². The van der Waals surface area contributed by atoms with Crippen LogP contribution >= 0.6 is 22.9 Å². The normalized spacial score (nSPS) is 12.0. The Morgan fingerprint density at radius 2 is 2.05 bits per heavy atom. The van der Waals surface area contributed by atoms with Crippen molar-refractivity contribution in [2.75, 3.05) is 0 Å². The largest absolute Gasteiger partial charge is 0.477 e. The molecule has 1 heterocycles. The SMILES string of the molecule is Cc1cccc(C(=O)NC(C)c2nc(C)c(C(=O)O)s2)c1Cl. The number of aromatic carboxylic acids is 1. The van der Waals surface area contributed by atoms with Crippen molar-refractivity contribution in [1.82, 2.24) is 10.3 Å². The molecule has 0 aliphatic rings. The van der Waals surface area contributed by atoms with Gasteiger partial charge in [0.25, 0.3) is 5.91 Å². The Kier molecular flexibility index (Phi) is 4.83. The fourth-order valence-corrected chi connectivity index (χ4v) is 3.08. The van der Waals surface area contributed by atoms with Gasteiger partial charge in [-0.05, 0) is 32.4 Å². The molecule has 0 spiro atoms. The quantitative estimate of drug-likeness (QED) is 0.892. The number of nitrogens with one attached hydrogen (secondary N) is 1. The van der Waals surface area contributed by atoms with E-state index < -0.39 is 12.0 Å². The molecule has 2 rings (SSSR count). The van der Waals surface area contributed by atoms with Crippen LogP contribution < -0.4 is 5.32 Å². The molecule has 0 saturated heterocycles. The number of halogens is 1. The van der Waals surface area contributed by atoms with Gasteiger partial charge in [-0.1, -0.05) is 23.7 Å². The van der Waals surface area contributed by atoms with Crippen molar-refractivity contribution >= 4 is 34.8 Å². The van der Waals surface area contributed by atoms with Crippen LogP contribution in [0.25, 0.3) is 0 Å². The maximum absolute atomic E-state index is 12.3. The average Bonchev–Trinajstić information content (AvgIpc) is 2.84. The van der Waals surface area contributed by atoms with E-state index in [1.54, 1.807) is 26.0 Å². The Hall–Kier alpha value is -1.92. The molecule has 22 heavy (non-hydrogen) atoms. The minimum absolute atomic E-state index is 0.185. The summed E-state index contributed by atoms with van der Waals surface area (Å²) in [6.07, 6.45) is 0. The number of carboxylic acid groups (broad SMARTS) is 1. The zero-order chi connectivity index (χ0) is 16.4. The standard InChI is InChI=1S/C15H15ClN2O3S/c1-7-5-4-6-10(11(7)16)13(19)17-9(3)14-18-8(2)12(22-14)15(20)21/h4-6,9H,1-3H3,(H,17,19)(H,20,21). The predicted molar refractivity (Wildman–Crippen MR) is 85.9 cm³/mol. The molecule has 1 aromatic heterocycles. The summed E-state index contributed by atoms with van der Waals surface area (Å²) in [6, 6.07) is 4.83. The van der Waals surface area contributed by atoms with E-state index in [0.717, 1.165) is 16.9 Å². The molecule has 0 aliphatic carbocycles. The third-order valence-corrected chi connectivity index (χ3v) is 4.99. The lowest BCUT2D eigenvalue weighted by molar-refractivity contribution is 0.0701. The molecule has 1 atom stereocenters. The van der Waals surface area contributed by atoms with E-state index in [2.05, 4.69) is 10.3 Å². The van der Waals surface area contributed by atoms with E-state index in [1.165, 1.54) is 0 Å². The number of benzene rings is 1. The number of carboxylic acids is 1. The van der Waals surface area contributed by atoms with Gasteiger partial charge < -0.3 is 10.4 Å². The molecule has 116 valence electrons. The molecule has 5 nitrogen and oxygen atoms in total. The van der Waals surface area contributed by atoms with Gasteiger partial charge in [-0.25, -0.2) is 9.78 Å². The van der Waals surface area contributed by atoms with Crippen molar-refractivity contribution in [3.63, 3.8) is 0 Å². The Morgan fingerprint density at radius 1 is 1.36 bits per heavy atom. The number of aromatic nitrogens is 1. The number of hydrogen-bond donors (Lipinski definition) is 2. The van der Waals surface area contributed by atoms with Crippen molar-refractivity contribution in [3.05, 3.63) is 49.9 Å². The summed E-state index contributed by atoms with van der Waals surface area (Å²) in [5.74, 6) is -1.33. The molecular formula is C15H15ClN2O3S. The highest BCUT2D eigenvalue weighted by Gasteiger charge is 2.20. The number of amides is 1. The Morgan fingerprint density at radius 3 is 2.64 bits per heavy atom. The van der Waals surface area contributed by atoms with Crippen LogP contribution in [0.1, 0.15) is 49.3 Å². The molecule has 1 unspecified atom stereocenters. The molecular weight excluding hydrogens is 324 g/mol. The molecule has 1 aromatic carbocycles. The number of nitrogens with zero attached hydrogens (tertiary/aromatic N) is 1. The highest BCUT2D eigenvalue weighted by molar-refractivity contribution is 7.13. The maximum atomic E-state index is 12.3. The number of carbonyl (C=O) groups excluding carboxylic acids is 1. The van der Waals surface area contributed by atoms with Crippen LogP contribution in [0, 0.1) is 13.8 Å². The summed E-state index contributed by atoms with van der Waals surface area (Å²) >= 11 is 7.20. The minimum Gasteiger partial charge on any atom is -0.477 e. The van der Waals surface area contributed by atoms with E-state index in [1.807, 2.05) is 13.0 Å². The highest BCUT2D eigenvalue weighted by atomic mass is 35.5.